The van der Waals surface area contributed by atoms with Gasteiger partial charge in [-0.05, 0) is 48.6 Å². The number of hydrogen-bond donors (Lipinski definition) is 1. The van der Waals surface area contributed by atoms with E-state index >= 15 is 0 Å². The van der Waals surface area contributed by atoms with Crippen molar-refractivity contribution in [3.05, 3.63) is 69.1 Å². The Hall–Kier alpha value is -3.28. The van der Waals surface area contributed by atoms with Gasteiger partial charge in [-0.15, -0.1) is 0 Å². The van der Waals surface area contributed by atoms with E-state index in [-0.39, 0.29) is 18.4 Å². The maximum atomic E-state index is 12.6. The molecule has 0 spiro atoms. The molecule has 0 saturated carbocycles. The highest BCUT2D eigenvalue weighted by Crippen LogP contribution is 2.36. The highest BCUT2D eigenvalue weighted by Gasteiger charge is 2.24. The number of fused-ring (bicyclic) bond motifs is 2. The second kappa shape index (κ2) is 7.62. The average Bonchev–Trinajstić information content (AvgIpc) is 3.12. The number of carbonyl (C=O) groups is 1. The van der Waals surface area contributed by atoms with Gasteiger partial charge in [0.25, 0.3) is 0 Å². The van der Waals surface area contributed by atoms with Crippen LogP contribution in [0, 0.1) is 6.92 Å². The Bertz CT molecular complexity index is 1120. The van der Waals surface area contributed by atoms with E-state index in [0.717, 1.165) is 18.2 Å². The summed E-state index contributed by atoms with van der Waals surface area (Å²) in [7, 11) is 3.02. The molecule has 0 bridgehead atoms. The molecule has 4 rings (SSSR count). The fourth-order valence-corrected chi connectivity index (χ4v) is 4.07. The van der Waals surface area contributed by atoms with E-state index in [9.17, 15) is 9.59 Å². The molecule has 0 radical (unpaired) electrons. The first-order chi connectivity index (χ1) is 14.0. The minimum atomic E-state index is -0.536. The molecule has 0 unspecified atom stereocenters. The van der Waals surface area contributed by atoms with E-state index in [1.807, 2.05) is 25.1 Å². The van der Waals surface area contributed by atoms with Gasteiger partial charge in [-0.3, -0.25) is 4.79 Å². The highest BCUT2D eigenvalue weighted by atomic mass is 16.5. The van der Waals surface area contributed by atoms with Crippen LogP contribution in [0.5, 0.6) is 11.5 Å². The monoisotopic (exact) mass is 393 g/mol. The van der Waals surface area contributed by atoms with Crippen LogP contribution in [0.2, 0.25) is 0 Å². The van der Waals surface area contributed by atoms with Crippen LogP contribution >= 0.6 is 0 Å². The molecular weight excluding hydrogens is 370 g/mol. The first-order valence-electron chi connectivity index (χ1n) is 9.55. The maximum absolute atomic E-state index is 12.6. The Kier molecular flexibility index (Phi) is 5.01. The topological polar surface area (TPSA) is 77.8 Å². The standard InChI is InChI=1S/C23H23NO5/c1-13-17-8-9-19(27-2)22(28-3)21(17)29-23(26)18(13)12-20(25)24-16-10-14-6-4-5-7-15(14)11-16/h4-9,16H,10-12H2,1-3H3,(H,24,25). The van der Waals surface area contributed by atoms with Crippen LogP contribution in [0.1, 0.15) is 22.3 Å². The third-order valence-corrected chi connectivity index (χ3v) is 5.55. The van der Waals surface area contributed by atoms with E-state index in [1.54, 1.807) is 6.07 Å². The predicted molar refractivity (Wildman–Crippen MR) is 110 cm³/mol. The van der Waals surface area contributed by atoms with Gasteiger partial charge < -0.3 is 19.2 Å². The summed E-state index contributed by atoms with van der Waals surface area (Å²) in [6, 6.07) is 11.8. The van der Waals surface area contributed by atoms with Gasteiger partial charge in [-0.2, -0.15) is 0 Å². The molecule has 1 heterocycles. The largest absolute Gasteiger partial charge is 0.493 e. The van der Waals surface area contributed by atoms with E-state index in [0.29, 0.717) is 28.2 Å². The van der Waals surface area contributed by atoms with Crippen molar-refractivity contribution >= 4 is 16.9 Å². The number of methoxy groups -OCH3 is 2. The zero-order valence-electron chi connectivity index (χ0n) is 16.7. The lowest BCUT2D eigenvalue weighted by molar-refractivity contribution is -0.121. The molecule has 0 saturated heterocycles. The lowest BCUT2D eigenvalue weighted by Crippen LogP contribution is -2.37. The summed E-state index contributed by atoms with van der Waals surface area (Å²) in [5.41, 5.74) is 3.39. The molecule has 6 heteroatoms. The van der Waals surface area contributed by atoms with Crippen molar-refractivity contribution in [3.63, 3.8) is 0 Å². The van der Waals surface area contributed by atoms with Gasteiger partial charge in [0.2, 0.25) is 11.7 Å². The Balaban J connectivity index is 1.58. The number of carbonyl (C=O) groups excluding carboxylic acids is 1. The summed E-state index contributed by atoms with van der Waals surface area (Å²) >= 11 is 0. The molecule has 1 aliphatic rings. The van der Waals surface area contributed by atoms with Gasteiger partial charge in [0.1, 0.15) is 0 Å². The molecule has 6 nitrogen and oxygen atoms in total. The van der Waals surface area contributed by atoms with E-state index in [1.165, 1.54) is 25.3 Å². The number of benzene rings is 2. The highest BCUT2D eigenvalue weighted by molar-refractivity contribution is 5.90. The van der Waals surface area contributed by atoms with Crippen LogP contribution in [0.15, 0.2) is 45.6 Å². The molecule has 0 fully saturated rings. The number of rotatable bonds is 5. The quantitative estimate of drug-likeness (QED) is 0.675. The summed E-state index contributed by atoms with van der Waals surface area (Å²) in [6.07, 6.45) is 1.60. The normalized spacial score (nSPS) is 13.3. The van der Waals surface area contributed by atoms with E-state index in [4.69, 9.17) is 13.9 Å². The van der Waals surface area contributed by atoms with E-state index in [2.05, 4.69) is 17.4 Å². The molecular formula is C23H23NO5. The molecule has 3 aromatic rings. The molecule has 1 N–H and O–H groups in total. The van der Waals surface area contributed by atoms with Crippen LogP contribution in [0.25, 0.3) is 11.0 Å². The van der Waals surface area contributed by atoms with Gasteiger partial charge in [0.05, 0.1) is 26.2 Å². The minimum Gasteiger partial charge on any atom is -0.493 e. The third-order valence-electron chi connectivity index (χ3n) is 5.55. The van der Waals surface area contributed by atoms with Crippen LogP contribution in [0.3, 0.4) is 0 Å². The Morgan fingerprint density at radius 1 is 1.10 bits per heavy atom. The number of nitrogens with one attached hydrogen (secondary N) is 1. The zero-order chi connectivity index (χ0) is 20.5. The summed E-state index contributed by atoms with van der Waals surface area (Å²) in [5, 5.41) is 3.77. The van der Waals surface area contributed by atoms with Crippen molar-refractivity contribution < 1.29 is 18.7 Å². The number of aryl methyl sites for hydroxylation is 1. The Morgan fingerprint density at radius 2 is 1.79 bits per heavy atom. The molecule has 29 heavy (non-hydrogen) atoms. The SMILES string of the molecule is COc1ccc2c(C)c(CC(=O)NC3Cc4ccccc4C3)c(=O)oc2c1OC. The predicted octanol–water partition coefficient (Wildman–Crippen LogP) is 2.94. The number of hydrogen-bond acceptors (Lipinski definition) is 5. The van der Waals surface area contributed by atoms with Gasteiger partial charge in [0, 0.05) is 11.4 Å². The number of amides is 1. The fraction of sp³-hybridized carbons (Fsp3) is 0.304. The van der Waals surface area contributed by atoms with Crippen LogP contribution in [-0.4, -0.2) is 26.2 Å². The van der Waals surface area contributed by atoms with Crippen molar-refractivity contribution in [2.45, 2.75) is 32.2 Å². The van der Waals surface area contributed by atoms with Gasteiger partial charge >= 0.3 is 5.63 Å². The lowest BCUT2D eigenvalue weighted by atomic mass is 10.0. The molecule has 0 aliphatic heterocycles. The first-order valence-corrected chi connectivity index (χ1v) is 9.55. The average molecular weight is 393 g/mol. The smallest absolute Gasteiger partial charge is 0.340 e. The summed E-state index contributed by atoms with van der Waals surface area (Å²) in [6.45, 7) is 1.82. The van der Waals surface area contributed by atoms with Gasteiger partial charge in [-0.1, -0.05) is 24.3 Å². The Morgan fingerprint density at radius 3 is 2.41 bits per heavy atom. The molecule has 1 aliphatic carbocycles. The van der Waals surface area contributed by atoms with Gasteiger partial charge in [0.15, 0.2) is 11.3 Å². The zero-order valence-corrected chi connectivity index (χ0v) is 16.7. The summed E-state index contributed by atoms with van der Waals surface area (Å²) < 4.78 is 16.2. The lowest BCUT2D eigenvalue weighted by Gasteiger charge is -2.14. The molecule has 2 aromatic carbocycles. The number of ether oxygens (including phenoxy) is 2. The van der Waals surface area contributed by atoms with Crippen LogP contribution < -0.4 is 20.4 Å². The molecule has 150 valence electrons. The molecule has 0 atom stereocenters. The van der Waals surface area contributed by atoms with Crippen LogP contribution in [0.4, 0.5) is 0 Å². The summed E-state index contributed by atoms with van der Waals surface area (Å²) in [4.78, 5) is 25.3. The third kappa shape index (κ3) is 3.46. The van der Waals surface area contributed by atoms with Gasteiger partial charge in [-0.25, -0.2) is 4.79 Å². The van der Waals surface area contributed by atoms with Crippen molar-refractivity contribution in [1.82, 2.24) is 5.32 Å². The van der Waals surface area contributed by atoms with Crippen molar-refractivity contribution in [2.75, 3.05) is 14.2 Å². The minimum absolute atomic E-state index is 0.0225. The fourth-order valence-electron chi connectivity index (χ4n) is 4.07. The van der Waals surface area contributed by atoms with Crippen LogP contribution in [-0.2, 0) is 24.1 Å². The second-order valence-electron chi connectivity index (χ2n) is 7.29. The molecule has 1 amide bonds. The summed E-state index contributed by atoms with van der Waals surface area (Å²) in [5.74, 6) is 0.664. The molecule has 1 aromatic heterocycles. The maximum Gasteiger partial charge on any atom is 0.340 e. The second-order valence-corrected chi connectivity index (χ2v) is 7.29. The van der Waals surface area contributed by atoms with Crippen molar-refractivity contribution in [3.8, 4) is 11.5 Å². The van der Waals surface area contributed by atoms with E-state index < -0.39 is 5.63 Å². The Labute approximate surface area is 168 Å². The van der Waals surface area contributed by atoms with Crippen molar-refractivity contribution in [1.29, 1.82) is 0 Å². The first kappa shape index (κ1) is 19.1. The van der Waals surface area contributed by atoms with Crippen molar-refractivity contribution in [2.24, 2.45) is 0 Å².